The van der Waals surface area contributed by atoms with Gasteiger partial charge >= 0.3 is 23.9 Å². The Kier molecular flexibility index (Phi) is 19.2. The minimum absolute atomic E-state index is 0.0720. The van der Waals surface area contributed by atoms with Crippen LogP contribution in [0.15, 0.2) is 24.3 Å². The van der Waals surface area contributed by atoms with Crippen LogP contribution in [0.3, 0.4) is 0 Å². The van der Waals surface area contributed by atoms with Gasteiger partial charge in [0.1, 0.15) is 11.7 Å². The third-order valence-electron chi connectivity index (χ3n) is 11.6. The van der Waals surface area contributed by atoms with E-state index >= 15 is 0 Å². The molecule has 4 rings (SSSR count). The van der Waals surface area contributed by atoms with Crippen LogP contribution in [-0.4, -0.2) is 152 Å². The number of benzene rings is 1. The van der Waals surface area contributed by atoms with Crippen molar-refractivity contribution >= 4 is 29.8 Å². The quantitative estimate of drug-likeness (QED) is 0.0683. The Balaban J connectivity index is 1.16. The SMILES string of the molecule is CN[C@@H]1C(O)[C@@H](O[C@@H]2CC(O[C@H]3OC([C@@H](C)NC(=O)C(C)OC(=O)COC(=O)C(C)OC(=O)COC(=O)C(C)c4ccc(CC(C)C)cc4)CCC3N)[C@@H](N)C[C@H]2N)OC[C@]1(C)O. The summed E-state index contributed by atoms with van der Waals surface area (Å²) < 4.78 is 44.5. The number of amides is 1. The molecule has 0 radical (unpaired) electrons. The number of carbonyl (C=O) groups excluding carboxylic acids is 5. The Bertz CT molecular complexity index is 1680. The molecule has 1 amide bonds. The summed E-state index contributed by atoms with van der Waals surface area (Å²) in [4.78, 5) is 62.8. The maximum atomic E-state index is 13.0. The molecule has 2 saturated heterocycles. The highest BCUT2D eigenvalue weighted by molar-refractivity contribution is 5.86. The van der Waals surface area contributed by atoms with Crippen LogP contribution in [-0.2, 0) is 68.3 Å². The zero-order valence-electron chi connectivity index (χ0n) is 37.6. The van der Waals surface area contributed by atoms with E-state index in [4.69, 9.17) is 55.1 Å². The molecule has 10 N–H and O–H groups in total. The highest BCUT2D eigenvalue weighted by Gasteiger charge is 2.48. The summed E-state index contributed by atoms with van der Waals surface area (Å²) in [6.45, 7) is 10.0. The van der Waals surface area contributed by atoms with Gasteiger partial charge in [0.15, 0.2) is 38.0 Å². The molecule has 3 fully saturated rings. The summed E-state index contributed by atoms with van der Waals surface area (Å²) in [7, 11) is 1.62. The number of aliphatic hydroxyl groups is 2. The molecule has 20 nitrogen and oxygen atoms in total. The van der Waals surface area contributed by atoms with Gasteiger partial charge in [-0.1, -0.05) is 38.1 Å². The zero-order chi connectivity index (χ0) is 46.8. The van der Waals surface area contributed by atoms with Crippen LogP contribution in [0.2, 0.25) is 0 Å². The highest BCUT2D eigenvalue weighted by atomic mass is 16.7. The lowest BCUT2D eigenvalue weighted by Gasteiger charge is -2.47. The van der Waals surface area contributed by atoms with Gasteiger partial charge in [-0.3, -0.25) is 9.59 Å². The van der Waals surface area contributed by atoms with E-state index in [1.54, 1.807) is 27.8 Å². The smallest absolute Gasteiger partial charge is 0.347 e. The number of hydrogen-bond acceptors (Lipinski definition) is 19. The fourth-order valence-electron chi connectivity index (χ4n) is 7.81. The number of nitrogens with two attached hydrogens (primary N) is 3. The van der Waals surface area contributed by atoms with Crippen molar-refractivity contribution < 1.29 is 72.1 Å². The Morgan fingerprint density at radius 1 is 0.810 bits per heavy atom. The number of carbonyl (C=O) groups is 5. The highest BCUT2D eigenvalue weighted by Crippen LogP contribution is 2.32. The molecule has 0 aromatic heterocycles. The van der Waals surface area contributed by atoms with Crippen LogP contribution >= 0.6 is 0 Å². The maximum Gasteiger partial charge on any atom is 0.347 e. The Morgan fingerprint density at radius 3 is 1.97 bits per heavy atom. The molecule has 2 heterocycles. The zero-order valence-corrected chi connectivity index (χ0v) is 37.6. The number of likely N-dealkylation sites (N-methyl/N-ethyl adjacent to an activating group) is 1. The number of rotatable bonds is 19. The van der Waals surface area contributed by atoms with E-state index in [1.165, 1.54) is 13.8 Å². The molecule has 20 heteroatoms. The minimum Gasteiger partial charge on any atom is -0.453 e. The number of aliphatic hydroxyl groups excluding tert-OH is 1. The predicted octanol–water partition coefficient (Wildman–Crippen LogP) is -0.449. The molecular formula is C43H69N5O15. The topological polar surface area (TPSA) is 302 Å². The van der Waals surface area contributed by atoms with E-state index < -0.39 is 134 Å². The van der Waals surface area contributed by atoms with Crippen LogP contribution in [0.5, 0.6) is 0 Å². The average Bonchev–Trinajstić information content (AvgIpc) is 3.22. The number of ether oxygens (including phenoxy) is 8. The largest absolute Gasteiger partial charge is 0.453 e. The molecule has 0 spiro atoms. The van der Waals surface area contributed by atoms with Crippen molar-refractivity contribution in [2.45, 2.75) is 172 Å². The second-order valence-electron chi connectivity index (χ2n) is 17.6. The molecule has 2 aliphatic heterocycles. The molecule has 0 bridgehead atoms. The van der Waals surface area contributed by atoms with Gasteiger partial charge in [-0.15, -0.1) is 0 Å². The second-order valence-corrected chi connectivity index (χ2v) is 17.6. The van der Waals surface area contributed by atoms with Crippen LogP contribution < -0.4 is 27.8 Å². The first-order valence-electron chi connectivity index (χ1n) is 21.6. The van der Waals surface area contributed by atoms with E-state index in [-0.39, 0.29) is 13.0 Å². The van der Waals surface area contributed by atoms with E-state index in [1.807, 2.05) is 24.3 Å². The van der Waals surface area contributed by atoms with Gasteiger partial charge in [-0.25, -0.2) is 14.4 Å². The van der Waals surface area contributed by atoms with Gasteiger partial charge in [-0.05, 0) is 84.4 Å². The third kappa shape index (κ3) is 14.9. The standard InChI is InChI=1S/C43H69N5O15/c1-21(2)15-26-9-11-27(12-10-26)22(3)39(53)56-18-35(50)60-25(6)40(54)57-19-34(49)59-24(5)38(52)48-23(4)31-14-13-28(44)41(61-31)62-32-17-33(30(46)16-29(32)45)63-42-36(51)37(47-8)43(7,55)20-58-42/h9-12,21-25,28-33,36-37,41-42,47,51,55H,13-20,44-46H2,1-8H3,(H,48,52)/t22?,23-,24?,25?,28?,29+,30-,31?,32?,33-,36?,37-,41-,42-,43+/m1/s1. The second kappa shape index (κ2) is 23.4. The Hall–Kier alpha value is -3.83. The molecule has 7 unspecified atom stereocenters. The van der Waals surface area contributed by atoms with Crippen molar-refractivity contribution in [2.75, 3.05) is 26.9 Å². The van der Waals surface area contributed by atoms with E-state index in [0.717, 1.165) is 17.5 Å². The molecule has 3 aliphatic rings. The van der Waals surface area contributed by atoms with Crippen LogP contribution in [0.4, 0.5) is 0 Å². The Labute approximate surface area is 368 Å². The molecule has 1 aliphatic carbocycles. The van der Waals surface area contributed by atoms with Crippen molar-refractivity contribution in [3.8, 4) is 0 Å². The average molecular weight is 896 g/mol. The molecule has 63 heavy (non-hydrogen) atoms. The lowest BCUT2D eigenvalue weighted by molar-refractivity contribution is -0.291. The molecular weight excluding hydrogens is 826 g/mol. The molecule has 1 aromatic rings. The summed E-state index contributed by atoms with van der Waals surface area (Å²) in [6.07, 6.45) is -5.17. The fourth-order valence-corrected chi connectivity index (χ4v) is 7.81. The van der Waals surface area contributed by atoms with Crippen molar-refractivity contribution in [3.63, 3.8) is 0 Å². The lowest BCUT2D eigenvalue weighted by Crippen LogP contribution is -2.66. The van der Waals surface area contributed by atoms with E-state index in [0.29, 0.717) is 25.2 Å². The minimum atomic E-state index is -1.44. The van der Waals surface area contributed by atoms with Gasteiger partial charge in [0.05, 0.1) is 49.0 Å². The fraction of sp³-hybridized carbons (Fsp3) is 0.744. The van der Waals surface area contributed by atoms with Crippen molar-refractivity contribution in [2.24, 2.45) is 23.1 Å². The summed E-state index contributed by atoms with van der Waals surface area (Å²) in [5.41, 5.74) is 19.8. The van der Waals surface area contributed by atoms with Gasteiger partial charge < -0.3 is 75.9 Å². The van der Waals surface area contributed by atoms with E-state index in [2.05, 4.69) is 24.5 Å². The molecule has 15 atom stereocenters. The van der Waals surface area contributed by atoms with Gasteiger partial charge in [0, 0.05) is 18.5 Å². The summed E-state index contributed by atoms with van der Waals surface area (Å²) in [5.74, 6) is -4.54. The molecule has 1 saturated carbocycles. The molecule has 356 valence electrons. The first-order chi connectivity index (χ1) is 29.6. The van der Waals surface area contributed by atoms with E-state index in [9.17, 15) is 34.2 Å². The lowest BCUT2D eigenvalue weighted by atomic mass is 9.86. The normalized spacial score (nSPS) is 31.8. The molecule has 1 aromatic carbocycles. The monoisotopic (exact) mass is 895 g/mol. The maximum absolute atomic E-state index is 13.0. The summed E-state index contributed by atoms with van der Waals surface area (Å²) in [6, 6.07) is 4.77. The number of nitrogens with one attached hydrogen (secondary N) is 2. The number of esters is 4. The number of hydrogen-bond donors (Lipinski definition) is 7. The van der Waals surface area contributed by atoms with Crippen molar-refractivity contribution in [3.05, 3.63) is 35.4 Å². The van der Waals surface area contributed by atoms with Crippen LogP contribution in [0.25, 0.3) is 0 Å². The van der Waals surface area contributed by atoms with Gasteiger partial charge in [0.25, 0.3) is 5.91 Å². The Morgan fingerprint density at radius 2 is 1.38 bits per heavy atom. The van der Waals surface area contributed by atoms with Crippen molar-refractivity contribution in [1.82, 2.24) is 10.6 Å². The first-order valence-corrected chi connectivity index (χ1v) is 21.6. The summed E-state index contributed by atoms with van der Waals surface area (Å²) in [5, 5.41) is 27.2. The third-order valence-corrected chi connectivity index (χ3v) is 11.6. The van der Waals surface area contributed by atoms with Crippen LogP contribution in [0, 0.1) is 5.92 Å². The van der Waals surface area contributed by atoms with Gasteiger partial charge in [0.2, 0.25) is 0 Å². The van der Waals surface area contributed by atoms with Crippen LogP contribution in [0.1, 0.15) is 91.2 Å². The predicted molar refractivity (Wildman–Crippen MR) is 224 cm³/mol. The summed E-state index contributed by atoms with van der Waals surface area (Å²) >= 11 is 0. The van der Waals surface area contributed by atoms with Crippen molar-refractivity contribution in [1.29, 1.82) is 0 Å². The first kappa shape index (κ1) is 51.8. The van der Waals surface area contributed by atoms with Gasteiger partial charge in [-0.2, -0.15) is 0 Å².